The van der Waals surface area contributed by atoms with Crippen molar-refractivity contribution in [3.8, 4) is 0 Å². The Hall–Kier alpha value is -0.970. The van der Waals surface area contributed by atoms with Crippen molar-refractivity contribution < 1.29 is 4.52 Å². The van der Waals surface area contributed by atoms with E-state index in [1.165, 1.54) is 0 Å². The molecule has 4 nitrogen and oxygen atoms in total. The Bertz CT molecular complexity index is 431. The fraction of sp³-hybridized carbons (Fsp3) is 0.667. The van der Waals surface area contributed by atoms with Crippen LogP contribution in [0, 0.1) is 13.8 Å². The van der Waals surface area contributed by atoms with Gasteiger partial charge in [-0.3, -0.25) is 4.99 Å². The van der Waals surface area contributed by atoms with Gasteiger partial charge in [0.25, 0.3) is 0 Å². The van der Waals surface area contributed by atoms with Crippen LogP contribution in [-0.2, 0) is 0 Å². The molecule has 2 rings (SSSR count). The average Bonchev–Trinajstić information content (AvgIpc) is 2.70. The molecule has 1 saturated heterocycles. The van der Waals surface area contributed by atoms with Gasteiger partial charge in [-0.15, -0.1) is 0 Å². The predicted molar refractivity (Wildman–Crippen MR) is 71.5 cm³/mol. The molecule has 0 bridgehead atoms. The number of nitrogens with zero attached hydrogens (tertiary/aromatic N) is 2. The van der Waals surface area contributed by atoms with Gasteiger partial charge in [-0.2, -0.15) is 0 Å². The van der Waals surface area contributed by atoms with Crippen molar-refractivity contribution in [3.63, 3.8) is 0 Å². The summed E-state index contributed by atoms with van der Waals surface area (Å²) in [7, 11) is 0. The summed E-state index contributed by atoms with van der Waals surface area (Å²) < 4.78 is 5.18. The highest BCUT2D eigenvalue weighted by Crippen LogP contribution is 2.28. The first-order valence-electron chi connectivity index (χ1n) is 5.80. The summed E-state index contributed by atoms with van der Waals surface area (Å²) in [5, 5.41) is 8.41. The van der Waals surface area contributed by atoms with Crippen LogP contribution in [0.4, 0.5) is 0 Å². The second kappa shape index (κ2) is 4.37. The first kappa shape index (κ1) is 12.5. The van der Waals surface area contributed by atoms with E-state index in [0.29, 0.717) is 0 Å². The molecule has 1 unspecified atom stereocenters. The van der Waals surface area contributed by atoms with E-state index >= 15 is 0 Å². The molecule has 0 aromatic carbocycles. The highest BCUT2D eigenvalue weighted by atomic mass is 32.2. The lowest BCUT2D eigenvalue weighted by molar-refractivity contribution is 0.391. The molecule has 0 saturated carbocycles. The maximum atomic E-state index is 5.18. The van der Waals surface area contributed by atoms with E-state index < -0.39 is 0 Å². The number of nitrogens with one attached hydrogen (secondary N) is 1. The zero-order chi connectivity index (χ0) is 12.6. The normalized spacial score (nSPS) is 22.8. The van der Waals surface area contributed by atoms with Crippen LogP contribution in [0.3, 0.4) is 0 Å². The molecule has 1 aromatic heterocycles. The molecular weight excluding hydrogens is 234 g/mol. The van der Waals surface area contributed by atoms with Crippen molar-refractivity contribution in [2.75, 3.05) is 5.75 Å². The molecule has 1 aromatic rings. The van der Waals surface area contributed by atoms with Gasteiger partial charge in [-0.1, -0.05) is 16.9 Å². The first-order valence-corrected chi connectivity index (χ1v) is 6.79. The zero-order valence-electron chi connectivity index (χ0n) is 11.0. The fourth-order valence-electron chi connectivity index (χ4n) is 2.01. The number of aromatic nitrogens is 1. The molecule has 5 heteroatoms. The number of amidine groups is 1. The van der Waals surface area contributed by atoms with E-state index in [9.17, 15) is 0 Å². The Balaban J connectivity index is 2.18. The summed E-state index contributed by atoms with van der Waals surface area (Å²) in [6.07, 6.45) is 0. The van der Waals surface area contributed by atoms with Gasteiger partial charge in [-0.05, 0) is 34.6 Å². The molecule has 1 fully saturated rings. The van der Waals surface area contributed by atoms with Gasteiger partial charge in [0.05, 0.1) is 11.7 Å². The van der Waals surface area contributed by atoms with E-state index in [1.54, 1.807) is 11.8 Å². The first-order chi connectivity index (χ1) is 7.89. The van der Waals surface area contributed by atoms with E-state index in [2.05, 4.69) is 31.2 Å². The van der Waals surface area contributed by atoms with Crippen LogP contribution < -0.4 is 5.32 Å². The summed E-state index contributed by atoms with van der Waals surface area (Å²) in [6.45, 7) is 10.3. The third-order valence-corrected chi connectivity index (χ3v) is 4.18. The van der Waals surface area contributed by atoms with E-state index in [0.717, 1.165) is 27.9 Å². The van der Waals surface area contributed by atoms with Gasteiger partial charge in [0, 0.05) is 16.9 Å². The van der Waals surface area contributed by atoms with Gasteiger partial charge in [0.15, 0.2) is 5.17 Å². The molecule has 1 N–H and O–H groups in total. The largest absolute Gasteiger partial charge is 0.361 e. The van der Waals surface area contributed by atoms with E-state index in [1.807, 2.05) is 13.8 Å². The molecular formula is C12H19N3OS. The standard InChI is InChI=1S/C12H19N3OS/c1-7(10-8(2)15-16-9(10)3)13-11-14-12(4,5)6-17-11/h7H,6H2,1-5H3,(H,13,14). The van der Waals surface area contributed by atoms with Crippen LogP contribution in [0.1, 0.15) is 43.8 Å². The lowest BCUT2D eigenvalue weighted by Crippen LogP contribution is -2.37. The van der Waals surface area contributed by atoms with E-state index in [4.69, 9.17) is 9.52 Å². The number of aryl methyl sites for hydroxylation is 2. The number of rotatable bonds is 2. The Labute approximate surface area is 106 Å². The van der Waals surface area contributed by atoms with Crippen LogP contribution in [0.25, 0.3) is 0 Å². The van der Waals surface area contributed by atoms with Crippen LogP contribution in [0.2, 0.25) is 0 Å². The van der Waals surface area contributed by atoms with Gasteiger partial charge in [0.1, 0.15) is 5.76 Å². The van der Waals surface area contributed by atoms with Gasteiger partial charge in [-0.25, -0.2) is 0 Å². The molecule has 17 heavy (non-hydrogen) atoms. The van der Waals surface area contributed by atoms with Crippen LogP contribution in [0.5, 0.6) is 0 Å². The summed E-state index contributed by atoms with van der Waals surface area (Å²) in [5.74, 6) is 1.92. The molecule has 0 spiro atoms. The summed E-state index contributed by atoms with van der Waals surface area (Å²) >= 11 is 1.77. The average molecular weight is 253 g/mol. The minimum atomic E-state index is 0.0881. The fourth-order valence-corrected chi connectivity index (χ4v) is 3.16. The Morgan fingerprint density at radius 2 is 2.18 bits per heavy atom. The summed E-state index contributed by atoms with van der Waals surface area (Å²) in [6, 6.07) is 0.0881. The Kier molecular flexibility index (Phi) is 3.21. The van der Waals surface area contributed by atoms with Crippen molar-refractivity contribution >= 4 is 16.9 Å². The maximum Gasteiger partial charge on any atom is 0.157 e. The molecule has 94 valence electrons. The topological polar surface area (TPSA) is 50.4 Å². The van der Waals surface area contributed by atoms with Crippen molar-refractivity contribution in [2.24, 2.45) is 4.99 Å². The third-order valence-electron chi connectivity index (χ3n) is 2.83. The van der Waals surface area contributed by atoms with Crippen molar-refractivity contribution in [3.05, 3.63) is 17.0 Å². The minimum Gasteiger partial charge on any atom is -0.361 e. The van der Waals surface area contributed by atoms with Crippen molar-refractivity contribution in [1.29, 1.82) is 0 Å². The highest BCUT2D eigenvalue weighted by Gasteiger charge is 2.28. The quantitative estimate of drug-likeness (QED) is 0.880. The second-order valence-electron chi connectivity index (χ2n) is 5.15. The molecule has 1 aliphatic rings. The van der Waals surface area contributed by atoms with Crippen molar-refractivity contribution in [2.45, 2.75) is 46.2 Å². The summed E-state index contributed by atoms with van der Waals surface area (Å²) in [5.41, 5.74) is 2.17. The number of hydrogen-bond acceptors (Lipinski definition) is 4. The summed E-state index contributed by atoms with van der Waals surface area (Å²) in [4.78, 5) is 4.70. The highest BCUT2D eigenvalue weighted by molar-refractivity contribution is 8.14. The number of thioether (sulfide) groups is 1. The van der Waals surface area contributed by atoms with Crippen molar-refractivity contribution in [1.82, 2.24) is 10.5 Å². The molecule has 1 atom stereocenters. The molecule has 1 aliphatic heterocycles. The monoisotopic (exact) mass is 253 g/mol. The number of hydrogen-bond donors (Lipinski definition) is 1. The third kappa shape index (κ3) is 2.65. The Morgan fingerprint density at radius 3 is 2.65 bits per heavy atom. The minimum absolute atomic E-state index is 0.0881. The van der Waals surface area contributed by atoms with Crippen LogP contribution in [0.15, 0.2) is 9.52 Å². The maximum absolute atomic E-state index is 5.18. The molecule has 0 radical (unpaired) electrons. The van der Waals surface area contributed by atoms with Gasteiger partial charge in [0.2, 0.25) is 0 Å². The molecule has 2 heterocycles. The molecule has 0 aliphatic carbocycles. The van der Waals surface area contributed by atoms with E-state index in [-0.39, 0.29) is 11.6 Å². The van der Waals surface area contributed by atoms with Gasteiger partial charge < -0.3 is 9.84 Å². The Morgan fingerprint density at radius 1 is 1.47 bits per heavy atom. The predicted octanol–water partition coefficient (Wildman–Crippen LogP) is 2.82. The SMILES string of the molecule is Cc1noc(C)c1C(C)N=C1NC(C)(C)CS1. The smallest absolute Gasteiger partial charge is 0.157 e. The lowest BCUT2D eigenvalue weighted by atomic mass is 10.1. The van der Waals surface area contributed by atoms with Crippen LogP contribution >= 0.6 is 11.8 Å². The zero-order valence-corrected chi connectivity index (χ0v) is 11.8. The van der Waals surface area contributed by atoms with Crippen LogP contribution in [-0.4, -0.2) is 21.6 Å². The number of aliphatic imine (C=N–C) groups is 1. The lowest BCUT2D eigenvalue weighted by Gasteiger charge is -2.16. The molecule has 0 amide bonds. The second-order valence-corrected chi connectivity index (χ2v) is 6.11. The van der Waals surface area contributed by atoms with Gasteiger partial charge >= 0.3 is 0 Å².